The van der Waals surface area contributed by atoms with Gasteiger partial charge in [0.05, 0.1) is 11.8 Å². The monoisotopic (exact) mass is 253 g/mol. The summed E-state index contributed by atoms with van der Waals surface area (Å²) in [4.78, 5) is 24.5. The van der Waals surface area contributed by atoms with Gasteiger partial charge in [-0.25, -0.2) is 4.79 Å². The molecule has 1 fully saturated rings. The highest BCUT2D eigenvalue weighted by Gasteiger charge is 2.40. The van der Waals surface area contributed by atoms with Crippen LogP contribution in [0.3, 0.4) is 0 Å². The van der Waals surface area contributed by atoms with E-state index in [2.05, 4.69) is 5.10 Å². The fourth-order valence-electron chi connectivity index (χ4n) is 2.23. The minimum Gasteiger partial charge on any atom is -0.480 e. The number of nitrogens with zero attached hydrogens (tertiary/aromatic N) is 3. The fraction of sp³-hybridized carbons (Fsp3) is 0.545. The molecule has 1 amide bonds. The quantitative estimate of drug-likeness (QED) is 0.733. The molecule has 7 nitrogen and oxygen atoms in total. The van der Waals surface area contributed by atoms with Crippen LogP contribution in [-0.4, -0.2) is 55.5 Å². The molecule has 2 atom stereocenters. The minimum absolute atomic E-state index is 0.0417. The van der Waals surface area contributed by atoms with Crippen molar-refractivity contribution in [3.05, 3.63) is 17.5 Å². The molecule has 1 aliphatic heterocycles. The van der Waals surface area contributed by atoms with Crippen molar-refractivity contribution < 1.29 is 19.8 Å². The zero-order valence-corrected chi connectivity index (χ0v) is 10.2. The Hall–Kier alpha value is -1.89. The molecule has 1 saturated heterocycles. The molecule has 0 spiro atoms. The number of hydrogen-bond donors (Lipinski definition) is 2. The molecule has 0 aromatic carbocycles. The van der Waals surface area contributed by atoms with E-state index in [1.54, 1.807) is 20.0 Å². The number of carbonyl (C=O) groups excluding carboxylic acids is 1. The zero-order valence-electron chi connectivity index (χ0n) is 10.2. The Morgan fingerprint density at radius 2 is 2.17 bits per heavy atom. The number of aliphatic hydroxyl groups is 1. The van der Waals surface area contributed by atoms with Gasteiger partial charge in [-0.2, -0.15) is 5.10 Å². The van der Waals surface area contributed by atoms with Gasteiger partial charge in [0.2, 0.25) is 0 Å². The van der Waals surface area contributed by atoms with Gasteiger partial charge >= 0.3 is 5.97 Å². The standard InChI is InChI=1S/C11H15N3O4/c1-6-3-8(13(2)12-6)10(16)14-5-7(15)4-9(14)11(17)18/h3,7,9,15H,4-5H2,1-2H3,(H,17,18)/t7?,9-/m0/s1. The van der Waals surface area contributed by atoms with Gasteiger partial charge in [-0.3, -0.25) is 9.48 Å². The lowest BCUT2D eigenvalue weighted by Gasteiger charge is -2.20. The van der Waals surface area contributed by atoms with Crippen LogP contribution in [0.15, 0.2) is 6.07 Å². The number of aryl methyl sites for hydroxylation is 2. The molecule has 1 unspecified atom stereocenters. The number of carbonyl (C=O) groups is 2. The number of aliphatic carboxylic acids is 1. The SMILES string of the molecule is Cc1cc(C(=O)N2CC(O)C[C@H]2C(=O)O)n(C)n1. The van der Waals surface area contributed by atoms with Crippen molar-refractivity contribution in [3.8, 4) is 0 Å². The molecular formula is C11H15N3O4. The topological polar surface area (TPSA) is 95.7 Å². The molecule has 2 rings (SSSR count). The van der Waals surface area contributed by atoms with Crippen LogP contribution in [0.5, 0.6) is 0 Å². The van der Waals surface area contributed by atoms with E-state index in [1.165, 1.54) is 9.58 Å². The number of aliphatic hydroxyl groups excluding tert-OH is 1. The van der Waals surface area contributed by atoms with Gasteiger partial charge in [0.25, 0.3) is 5.91 Å². The van der Waals surface area contributed by atoms with Crippen LogP contribution in [0.4, 0.5) is 0 Å². The van der Waals surface area contributed by atoms with Crippen molar-refractivity contribution in [2.75, 3.05) is 6.54 Å². The highest BCUT2D eigenvalue weighted by Crippen LogP contribution is 2.21. The molecule has 18 heavy (non-hydrogen) atoms. The second kappa shape index (κ2) is 4.41. The molecule has 2 heterocycles. The zero-order chi connectivity index (χ0) is 13.4. The highest BCUT2D eigenvalue weighted by atomic mass is 16.4. The van der Waals surface area contributed by atoms with E-state index >= 15 is 0 Å². The van der Waals surface area contributed by atoms with E-state index in [1.807, 2.05) is 0 Å². The maximum Gasteiger partial charge on any atom is 0.326 e. The second-order valence-corrected chi connectivity index (χ2v) is 4.50. The van der Waals surface area contributed by atoms with Crippen molar-refractivity contribution in [2.24, 2.45) is 7.05 Å². The van der Waals surface area contributed by atoms with Crippen LogP contribution >= 0.6 is 0 Å². The van der Waals surface area contributed by atoms with Gasteiger partial charge in [-0.1, -0.05) is 0 Å². The average molecular weight is 253 g/mol. The van der Waals surface area contributed by atoms with Crippen LogP contribution < -0.4 is 0 Å². The largest absolute Gasteiger partial charge is 0.480 e. The number of β-amino-alcohol motifs (C(OH)–C–C–N with tert-alkyl or cyclic N) is 1. The van der Waals surface area contributed by atoms with Gasteiger partial charge in [0.1, 0.15) is 11.7 Å². The van der Waals surface area contributed by atoms with Gasteiger partial charge < -0.3 is 15.1 Å². The normalized spacial score (nSPS) is 23.4. The Bertz CT molecular complexity index is 496. The summed E-state index contributed by atoms with van der Waals surface area (Å²) in [5, 5.41) is 22.6. The van der Waals surface area contributed by atoms with Crippen molar-refractivity contribution in [2.45, 2.75) is 25.5 Å². The number of rotatable bonds is 2. The molecule has 98 valence electrons. The average Bonchev–Trinajstić information content (AvgIpc) is 2.81. The Morgan fingerprint density at radius 1 is 1.50 bits per heavy atom. The van der Waals surface area contributed by atoms with E-state index in [9.17, 15) is 14.7 Å². The molecule has 7 heteroatoms. The summed E-state index contributed by atoms with van der Waals surface area (Å²) in [5.74, 6) is -1.51. The number of likely N-dealkylation sites (tertiary alicyclic amines) is 1. The summed E-state index contributed by atoms with van der Waals surface area (Å²) in [6.45, 7) is 1.80. The summed E-state index contributed by atoms with van der Waals surface area (Å²) in [5.41, 5.74) is 1.01. The molecule has 1 aliphatic rings. The van der Waals surface area contributed by atoms with Gasteiger partial charge in [0, 0.05) is 20.0 Å². The third kappa shape index (κ3) is 2.08. The number of carboxylic acids is 1. The number of hydrogen-bond acceptors (Lipinski definition) is 4. The van der Waals surface area contributed by atoms with Crippen molar-refractivity contribution >= 4 is 11.9 Å². The molecule has 1 aromatic rings. The molecule has 0 radical (unpaired) electrons. The predicted molar refractivity (Wildman–Crippen MR) is 61.0 cm³/mol. The molecule has 2 N–H and O–H groups in total. The highest BCUT2D eigenvalue weighted by molar-refractivity contribution is 5.95. The first-order valence-corrected chi connectivity index (χ1v) is 5.62. The third-order valence-electron chi connectivity index (χ3n) is 3.05. The lowest BCUT2D eigenvalue weighted by atomic mass is 10.2. The maximum atomic E-state index is 12.2. The van der Waals surface area contributed by atoms with Crippen LogP contribution in [0.2, 0.25) is 0 Å². The molecule has 0 bridgehead atoms. The van der Waals surface area contributed by atoms with Gasteiger partial charge in [-0.05, 0) is 13.0 Å². The van der Waals surface area contributed by atoms with Gasteiger partial charge in [0.15, 0.2) is 0 Å². The number of carboxylic acid groups (broad SMARTS) is 1. The molecular weight excluding hydrogens is 238 g/mol. The second-order valence-electron chi connectivity index (χ2n) is 4.50. The first kappa shape index (κ1) is 12.6. The maximum absolute atomic E-state index is 12.2. The van der Waals surface area contributed by atoms with E-state index < -0.39 is 24.0 Å². The van der Waals surface area contributed by atoms with E-state index in [0.717, 1.165) is 0 Å². The first-order valence-electron chi connectivity index (χ1n) is 5.62. The number of aromatic nitrogens is 2. The lowest BCUT2D eigenvalue weighted by molar-refractivity contribution is -0.141. The van der Waals surface area contributed by atoms with Crippen molar-refractivity contribution in [1.82, 2.24) is 14.7 Å². The molecule has 0 saturated carbocycles. The lowest BCUT2D eigenvalue weighted by Crippen LogP contribution is -2.41. The molecule has 1 aromatic heterocycles. The Kier molecular flexibility index (Phi) is 3.08. The Labute approximate surface area is 104 Å². The summed E-state index contributed by atoms with van der Waals surface area (Å²) in [7, 11) is 1.63. The summed E-state index contributed by atoms with van der Waals surface area (Å²) in [6.07, 6.45) is -0.720. The van der Waals surface area contributed by atoms with Crippen molar-refractivity contribution in [1.29, 1.82) is 0 Å². The van der Waals surface area contributed by atoms with Crippen LogP contribution in [0, 0.1) is 6.92 Å². The third-order valence-corrected chi connectivity index (χ3v) is 3.05. The molecule has 0 aliphatic carbocycles. The summed E-state index contributed by atoms with van der Waals surface area (Å²) >= 11 is 0. The van der Waals surface area contributed by atoms with Crippen LogP contribution in [0.25, 0.3) is 0 Å². The summed E-state index contributed by atoms with van der Waals surface area (Å²) in [6, 6.07) is 0.633. The first-order chi connectivity index (χ1) is 8.40. The van der Waals surface area contributed by atoms with Crippen LogP contribution in [-0.2, 0) is 11.8 Å². The number of amides is 1. The van der Waals surface area contributed by atoms with Crippen molar-refractivity contribution in [3.63, 3.8) is 0 Å². The van der Waals surface area contributed by atoms with Gasteiger partial charge in [-0.15, -0.1) is 0 Å². The van der Waals surface area contributed by atoms with E-state index in [4.69, 9.17) is 5.11 Å². The minimum atomic E-state index is -1.10. The Morgan fingerprint density at radius 3 is 2.67 bits per heavy atom. The predicted octanol–water partition coefficient (Wildman–Crippen LogP) is -0.611. The smallest absolute Gasteiger partial charge is 0.326 e. The fourth-order valence-corrected chi connectivity index (χ4v) is 2.23. The Balaban J connectivity index is 2.28. The summed E-state index contributed by atoms with van der Waals surface area (Å²) < 4.78 is 1.42. The van der Waals surface area contributed by atoms with E-state index in [0.29, 0.717) is 11.4 Å². The van der Waals surface area contributed by atoms with Crippen LogP contribution in [0.1, 0.15) is 22.6 Å². The van der Waals surface area contributed by atoms with E-state index in [-0.39, 0.29) is 13.0 Å².